The fraction of sp³-hybridized carbons (Fsp3) is 0.278. The van der Waals surface area contributed by atoms with Crippen molar-refractivity contribution in [3.63, 3.8) is 0 Å². The van der Waals surface area contributed by atoms with Crippen LogP contribution in [-0.4, -0.2) is 24.0 Å². The van der Waals surface area contributed by atoms with Gasteiger partial charge in [0.15, 0.2) is 0 Å². The van der Waals surface area contributed by atoms with Crippen LogP contribution >= 0.6 is 11.6 Å². The van der Waals surface area contributed by atoms with Gasteiger partial charge in [-0.2, -0.15) is 0 Å². The molecule has 0 fully saturated rings. The minimum Gasteiger partial charge on any atom is -0.507 e. The Kier molecular flexibility index (Phi) is 6.29. The van der Waals surface area contributed by atoms with E-state index in [0.29, 0.717) is 35.1 Å². The Morgan fingerprint density at radius 2 is 2.17 bits per heavy atom. The van der Waals surface area contributed by atoms with Gasteiger partial charge in [-0.15, -0.1) is 0 Å². The molecule has 4 nitrogen and oxygen atoms in total. The molecule has 1 aromatic rings. The van der Waals surface area contributed by atoms with Crippen LogP contribution in [0.4, 0.5) is 0 Å². The Balaban J connectivity index is 2.25. The molecular formula is C18H20ClNO3. The standard InChI is InChI=1S/C18H20ClNO3/c1-3-5-16(20-23-10-4-2)15-12-22-18(11-17(15)21)13-6-8-14(19)9-7-13/h4,6-9,11,21H,2-3,5,10,12H2,1H3/b20-16+. The Hall–Kier alpha value is -2.20. The molecule has 1 N–H and O–H groups in total. The molecule has 1 aliphatic heterocycles. The Morgan fingerprint density at radius 1 is 1.43 bits per heavy atom. The molecule has 0 radical (unpaired) electrons. The second-order valence-electron chi connectivity index (χ2n) is 5.04. The van der Waals surface area contributed by atoms with Crippen LogP contribution in [-0.2, 0) is 9.57 Å². The summed E-state index contributed by atoms with van der Waals surface area (Å²) in [6.45, 7) is 6.20. The molecular weight excluding hydrogens is 314 g/mol. The van der Waals surface area contributed by atoms with Crippen molar-refractivity contribution in [2.45, 2.75) is 19.8 Å². The molecule has 0 bridgehead atoms. The molecule has 0 spiro atoms. The summed E-state index contributed by atoms with van der Waals surface area (Å²) >= 11 is 5.88. The van der Waals surface area contributed by atoms with E-state index in [4.69, 9.17) is 21.2 Å². The van der Waals surface area contributed by atoms with Crippen molar-refractivity contribution in [1.82, 2.24) is 0 Å². The molecule has 0 amide bonds. The molecule has 0 saturated heterocycles. The number of halogens is 1. The third-order valence-corrected chi connectivity index (χ3v) is 3.53. The SMILES string of the molecule is C=CCO/N=C(\CCC)C1=C(O)C=C(c2ccc(Cl)cc2)OC1. The van der Waals surface area contributed by atoms with Gasteiger partial charge in [-0.25, -0.2) is 0 Å². The lowest BCUT2D eigenvalue weighted by Gasteiger charge is -2.19. The zero-order valence-electron chi connectivity index (χ0n) is 13.1. The van der Waals surface area contributed by atoms with Crippen molar-refractivity contribution in [3.8, 4) is 0 Å². The zero-order valence-corrected chi connectivity index (χ0v) is 13.8. The van der Waals surface area contributed by atoms with Gasteiger partial charge in [0.2, 0.25) is 0 Å². The number of benzene rings is 1. The van der Waals surface area contributed by atoms with Gasteiger partial charge in [0.05, 0.1) is 11.3 Å². The van der Waals surface area contributed by atoms with Crippen LogP contribution in [0.15, 0.2) is 59.5 Å². The monoisotopic (exact) mass is 333 g/mol. The highest BCUT2D eigenvalue weighted by molar-refractivity contribution is 6.30. The average molecular weight is 334 g/mol. The Bertz CT molecular complexity index is 645. The van der Waals surface area contributed by atoms with E-state index >= 15 is 0 Å². The number of aliphatic hydroxyl groups excluding tert-OH is 1. The highest BCUT2D eigenvalue weighted by Gasteiger charge is 2.20. The Labute approximate surface area is 141 Å². The molecule has 1 aliphatic rings. The molecule has 0 atom stereocenters. The fourth-order valence-corrected chi connectivity index (χ4v) is 2.27. The molecule has 0 aromatic heterocycles. The van der Waals surface area contributed by atoms with Crippen molar-refractivity contribution in [1.29, 1.82) is 0 Å². The number of rotatable bonds is 7. The van der Waals surface area contributed by atoms with E-state index < -0.39 is 0 Å². The summed E-state index contributed by atoms with van der Waals surface area (Å²) < 4.78 is 5.76. The first-order chi connectivity index (χ1) is 11.2. The van der Waals surface area contributed by atoms with Crippen molar-refractivity contribution in [2.75, 3.05) is 13.2 Å². The highest BCUT2D eigenvalue weighted by atomic mass is 35.5. The number of aliphatic hydroxyl groups is 1. The van der Waals surface area contributed by atoms with Crippen LogP contribution in [0, 0.1) is 0 Å². The summed E-state index contributed by atoms with van der Waals surface area (Å²) in [5, 5.41) is 15.1. The van der Waals surface area contributed by atoms with Crippen molar-refractivity contribution >= 4 is 23.1 Å². The third-order valence-electron chi connectivity index (χ3n) is 3.28. The van der Waals surface area contributed by atoms with Crippen LogP contribution in [0.2, 0.25) is 5.02 Å². The summed E-state index contributed by atoms with van der Waals surface area (Å²) in [6.07, 6.45) is 4.81. The molecule has 0 saturated carbocycles. The van der Waals surface area contributed by atoms with Crippen molar-refractivity contribution in [2.24, 2.45) is 5.16 Å². The first-order valence-corrected chi connectivity index (χ1v) is 7.86. The van der Waals surface area contributed by atoms with E-state index in [9.17, 15) is 5.11 Å². The third kappa shape index (κ3) is 4.63. The number of nitrogens with zero attached hydrogens (tertiary/aromatic N) is 1. The quantitative estimate of drug-likeness (QED) is 0.335. The first-order valence-electron chi connectivity index (χ1n) is 7.48. The maximum atomic E-state index is 10.3. The summed E-state index contributed by atoms with van der Waals surface area (Å²) in [5.41, 5.74) is 2.20. The summed E-state index contributed by atoms with van der Waals surface area (Å²) in [5.74, 6) is 0.751. The smallest absolute Gasteiger partial charge is 0.135 e. The summed E-state index contributed by atoms with van der Waals surface area (Å²) in [6, 6.07) is 7.26. The molecule has 2 rings (SSSR count). The molecule has 122 valence electrons. The topological polar surface area (TPSA) is 51.0 Å². The van der Waals surface area contributed by atoms with Gasteiger partial charge in [0.25, 0.3) is 0 Å². The fourth-order valence-electron chi connectivity index (χ4n) is 2.15. The van der Waals surface area contributed by atoms with Gasteiger partial charge in [0, 0.05) is 16.7 Å². The van der Waals surface area contributed by atoms with Gasteiger partial charge in [-0.1, -0.05) is 42.8 Å². The minimum absolute atomic E-state index is 0.149. The number of hydrogen-bond acceptors (Lipinski definition) is 4. The van der Waals surface area contributed by atoms with Gasteiger partial charge >= 0.3 is 0 Å². The average Bonchev–Trinajstić information content (AvgIpc) is 2.55. The molecule has 23 heavy (non-hydrogen) atoms. The lowest BCUT2D eigenvalue weighted by molar-refractivity contribution is 0.173. The molecule has 1 aromatic carbocycles. The van der Waals surface area contributed by atoms with Crippen LogP contribution in [0.5, 0.6) is 0 Å². The molecule has 0 aliphatic carbocycles. The van der Waals surface area contributed by atoms with E-state index in [-0.39, 0.29) is 12.4 Å². The highest BCUT2D eigenvalue weighted by Crippen LogP contribution is 2.26. The van der Waals surface area contributed by atoms with E-state index in [1.54, 1.807) is 24.3 Å². The van der Waals surface area contributed by atoms with E-state index in [1.807, 2.05) is 19.1 Å². The van der Waals surface area contributed by atoms with Gasteiger partial charge < -0.3 is 14.7 Å². The normalized spacial score (nSPS) is 15.0. The van der Waals surface area contributed by atoms with Gasteiger partial charge in [0.1, 0.15) is 24.7 Å². The van der Waals surface area contributed by atoms with Crippen LogP contribution < -0.4 is 0 Å². The van der Waals surface area contributed by atoms with Crippen LogP contribution in [0.3, 0.4) is 0 Å². The maximum absolute atomic E-state index is 10.3. The number of allylic oxidation sites excluding steroid dienone is 1. The Morgan fingerprint density at radius 3 is 2.78 bits per heavy atom. The van der Waals surface area contributed by atoms with Crippen LogP contribution in [0.25, 0.3) is 5.76 Å². The second kappa shape index (κ2) is 8.44. The number of ether oxygens (including phenoxy) is 1. The minimum atomic E-state index is 0.149. The van der Waals surface area contributed by atoms with Crippen molar-refractivity contribution in [3.05, 3.63) is 64.9 Å². The van der Waals surface area contributed by atoms with Crippen molar-refractivity contribution < 1.29 is 14.7 Å². The predicted octanol–water partition coefficient (Wildman–Crippen LogP) is 4.88. The van der Waals surface area contributed by atoms with E-state index in [1.165, 1.54) is 0 Å². The summed E-state index contributed by atoms with van der Waals surface area (Å²) in [4.78, 5) is 5.16. The van der Waals surface area contributed by atoms with E-state index in [0.717, 1.165) is 12.0 Å². The van der Waals surface area contributed by atoms with Gasteiger partial charge in [-0.3, -0.25) is 0 Å². The van der Waals surface area contributed by atoms with Gasteiger partial charge in [-0.05, 0) is 30.7 Å². The maximum Gasteiger partial charge on any atom is 0.135 e. The summed E-state index contributed by atoms with van der Waals surface area (Å²) in [7, 11) is 0. The predicted molar refractivity (Wildman–Crippen MR) is 93.5 cm³/mol. The molecule has 5 heteroatoms. The number of hydrogen-bond donors (Lipinski definition) is 1. The second-order valence-corrected chi connectivity index (χ2v) is 5.48. The molecule has 0 unspecified atom stereocenters. The lowest BCUT2D eigenvalue weighted by Crippen LogP contribution is -2.16. The largest absolute Gasteiger partial charge is 0.507 e. The first kappa shape index (κ1) is 17.2. The lowest BCUT2D eigenvalue weighted by atomic mass is 10.0. The molecule has 1 heterocycles. The van der Waals surface area contributed by atoms with E-state index in [2.05, 4.69) is 11.7 Å². The number of oxime groups is 1. The van der Waals surface area contributed by atoms with Crippen LogP contribution in [0.1, 0.15) is 25.3 Å². The zero-order chi connectivity index (χ0) is 16.7.